The molecule has 3 aromatic rings. The first-order valence-corrected chi connectivity index (χ1v) is 6.76. The van der Waals surface area contributed by atoms with Crippen molar-refractivity contribution in [3.63, 3.8) is 0 Å². The minimum atomic E-state index is 0.0651. The largest absolute Gasteiger partial charge is 0.496 e. The summed E-state index contributed by atoms with van der Waals surface area (Å²) in [4.78, 5) is 8.46. The fourth-order valence-electron chi connectivity index (χ4n) is 2.36. The van der Waals surface area contributed by atoms with Gasteiger partial charge in [0.2, 0.25) is 0 Å². The Morgan fingerprint density at radius 2 is 2.10 bits per heavy atom. The lowest BCUT2D eigenvalue weighted by atomic mass is 10.1. The van der Waals surface area contributed by atoms with E-state index >= 15 is 0 Å². The number of nitrogens with one attached hydrogen (secondary N) is 1. The molecule has 0 amide bonds. The Kier molecular flexibility index (Phi) is 3.43. The maximum Gasteiger partial charge on any atom is 0.254 e. The Labute approximate surface area is 122 Å². The van der Waals surface area contributed by atoms with Crippen LogP contribution in [0.4, 0.5) is 5.82 Å². The minimum absolute atomic E-state index is 0.0651. The molecule has 0 radical (unpaired) electrons. The van der Waals surface area contributed by atoms with Crippen molar-refractivity contribution in [3.05, 3.63) is 47.9 Å². The third-order valence-corrected chi connectivity index (χ3v) is 3.35. The van der Waals surface area contributed by atoms with Gasteiger partial charge in [0.05, 0.1) is 13.2 Å². The van der Waals surface area contributed by atoms with Crippen molar-refractivity contribution < 1.29 is 4.74 Å². The maximum absolute atomic E-state index is 5.41. The molecule has 0 spiro atoms. The van der Waals surface area contributed by atoms with Crippen molar-refractivity contribution in [1.29, 1.82) is 0 Å². The first-order chi connectivity index (χ1) is 10.2. The molecule has 0 aliphatic heterocycles. The van der Waals surface area contributed by atoms with Crippen LogP contribution in [-0.4, -0.2) is 26.7 Å². The third-order valence-electron chi connectivity index (χ3n) is 3.35. The number of hydrogen-bond donors (Lipinski definition) is 1. The van der Waals surface area contributed by atoms with Crippen LogP contribution in [0.3, 0.4) is 0 Å². The van der Waals surface area contributed by atoms with Crippen LogP contribution in [0.1, 0.15) is 24.2 Å². The summed E-state index contributed by atoms with van der Waals surface area (Å²) in [5.41, 5.74) is 1.98. The molecule has 21 heavy (non-hydrogen) atoms. The molecule has 1 N–H and O–H groups in total. The molecule has 0 aliphatic rings. The lowest BCUT2D eigenvalue weighted by Crippen LogP contribution is -2.12. The fourth-order valence-corrected chi connectivity index (χ4v) is 2.36. The SMILES string of the molecule is COc1ccccc1C(C)Nc1cc(C)nc2ncnn12. The maximum atomic E-state index is 5.41. The summed E-state index contributed by atoms with van der Waals surface area (Å²) in [7, 11) is 1.68. The average Bonchev–Trinajstić information content (AvgIpc) is 2.95. The zero-order valence-electron chi connectivity index (χ0n) is 12.2. The molecule has 6 heteroatoms. The van der Waals surface area contributed by atoms with Crippen molar-refractivity contribution in [1.82, 2.24) is 19.6 Å². The quantitative estimate of drug-likeness (QED) is 0.797. The highest BCUT2D eigenvalue weighted by Gasteiger charge is 2.13. The van der Waals surface area contributed by atoms with Crippen LogP contribution in [-0.2, 0) is 0 Å². The second-order valence-electron chi connectivity index (χ2n) is 4.86. The van der Waals surface area contributed by atoms with Gasteiger partial charge in [-0.3, -0.25) is 0 Å². The van der Waals surface area contributed by atoms with E-state index in [0.29, 0.717) is 5.78 Å². The van der Waals surface area contributed by atoms with Crippen LogP contribution in [0, 0.1) is 6.92 Å². The Morgan fingerprint density at radius 3 is 2.90 bits per heavy atom. The predicted octanol–water partition coefficient (Wildman–Crippen LogP) is 2.61. The van der Waals surface area contributed by atoms with Gasteiger partial charge in [0.25, 0.3) is 5.78 Å². The summed E-state index contributed by atoms with van der Waals surface area (Å²) in [6.07, 6.45) is 1.50. The Hall–Kier alpha value is -2.63. The fraction of sp³-hybridized carbons (Fsp3) is 0.267. The molecule has 6 nitrogen and oxygen atoms in total. The van der Waals surface area contributed by atoms with Crippen LogP contribution in [0.25, 0.3) is 5.78 Å². The summed E-state index contributed by atoms with van der Waals surface area (Å²) < 4.78 is 7.11. The van der Waals surface area contributed by atoms with Crippen molar-refractivity contribution >= 4 is 11.6 Å². The van der Waals surface area contributed by atoms with Crippen molar-refractivity contribution in [3.8, 4) is 5.75 Å². The van der Waals surface area contributed by atoms with Gasteiger partial charge in [0.1, 0.15) is 17.9 Å². The van der Waals surface area contributed by atoms with Gasteiger partial charge in [-0.2, -0.15) is 14.6 Å². The van der Waals surface area contributed by atoms with Crippen molar-refractivity contribution in [2.45, 2.75) is 19.9 Å². The Balaban J connectivity index is 1.96. The molecular weight excluding hydrogens is 266 g/mol. The number of aryl methyl sites for hydroxylation is 1. The molecule has 2 heterocycles. The van der Waals surface area contributed by atoms with Crippen LogP contribution >= 0.6 is 0 Å². The molecule has 2 aromatic heterocycles. The first-order valence-electron chi connectivity index (χ1n) is 6.76. The summed E-state index contributed by atoms with van der Waals surface area (Å²) in [5, 5.41) is 7.64. The molecule has 0 fully saturated rings. The van der Waals surface area contributed by atoms with Gasteiger partial charge in [-0.05, 0) is 19.9 Å². The number of methoxy groups -OCH3 is 1. The highest BCUT2D eigenvalue weighted by molar-refractivity contribution is 5.48. The molecule has 0 saturated carbocycles. The van der Waals surface area contributed by atoms with E-state index in [1.165, 1.54) is 6.33 Å². The molecular formula is C15H17N5O. The van der Waals surface area contributed by atoms with Gasteiger partial charge in [-0.25, -0.2) is 4.98 Å². The van der Waals surface area contributed by atoms with E-state index in [1.54, 1.807) is 11.6 Å². The second kappa shape index (κ2) is 5.40. The molecule has 3 rings (SSSR count). The number of hydrogen-bond acceptors (Lipinski definition) is 5. The standard InChI is InChI=1S/C15H17N5O/c1-10-8-14(20-15(18-10)16-9-17-20)19-11(2)12-6-4-5-7-13(12)21-3/h4-9,11,19H,1-3H3. The highest BCUT2D eigenvalue weighted by Crippen LogP contribution is 2.27. The number of aromatic nitrogens is 4. The normalized spacial score (nSPS) is 12.3. The van der Waals surface area contributed by atoms with Gasteiger partial charge in [-0.1, -0.05) is 18.2 Å². The van der Waals surface area contributed by atoms with Gasteiger partial charge < -0.3 is 10.1 Å². The van der Waals surface area contributed by atoms with Gasteiger partial charge >= 0.3 is 0 Å². The average molecular weight is 283 g/mol. The number of fused-ring (bicyclic) bond motifs is 1. The first kappa shape index (κ1) is 13.4. The third kappa shape index (κ3) is 2.52. The summed E-state index contributed by atoms with van der Waals surface area (Å²) in [6, 6.07) is 9.98. The molecule has 0 bridgehead atoms. The number of anilines is 1. The summed E-state index contributed by atoms with van der Waals surface area (Å²) in [6.45, 7) is 4.02. The topological polar surface area (TPSA) is 64.3 Å². The lowest BCUT2D eigenvalue weighted by molar-refractivity contribution is 0.408. The van der Waals surface area contributed by atoms with Gasteiger partial charge in [0.15, 0.2) is 0 Å². The summed E-state index contributed by atoms with van der Waals surface area (Å²) >= 11 is 0. The van der Waals surface area contributed by atoms with Crippen LogP contribution in [0.5, 0.6) is 5.75 Å². The Morgan fingerprint density at radius 1 is 1.29 bits per heavy atom. The zero-order valence-corrected chi connectivity index (χ0v) is 12.2. The van der Waals surface area contributed by atoms with Crippen molar-refractivity contribution in [2.75, 3.05) is 12.4 Å². The summed E-state index contributed by atoms with van der Waals surface area (Å²) in [5.74, 6) is 2.30. The van der Waals surface area contributed by atoms with E-state index in [4.69, 9.17) is 4.74 Å². The zero-order chi connectivity index (χ0) is 14.8. The number of rotatable bonds is 4. The second-order valence-corrected chi connectivity index (χ2v) is 4.86. The van der Waals surface area contributed by atoms with E-state index in [-0.39, 0.29) is 6.04 Å². The van der Waals surface area contributed by atoms with Crippen LogP contribution < -0.4 is 10.1 Å². The molecule has 0 saturated heterocycles. The Bertz CT molecular complexity index is 768. The number of nitrogens with zero attached hydrogens (tertiary/aromatic N) is 4. The number of benzene rings is 1. The van der Waals surface area contributed by atoms with E-state index in [2.05, 4.69) is 27.3 Å². The van der Waals surface area contributed by atoms with Crippen LogP contribution in [0.15, 0.2) is 36.7 Å². The number of ether oxygens (including phenoxy) is 1. The van der Waals surface area contributed by atoms with Gasteiger partial charge in [0, 0.05) is 17.3 Å². The minimum Gasteiger partial charge on any atom is -0.496 e. The van der Waals surface area contributed by atoms with E-state index in [9.17, 15) is 0 Å². The highest BCUT2D eigenvalue weighted by atomic mass is 16.5. The number of para-hydroxylation sites is 1. The smallest absolute Gasteiger partial charge is 0.254 e. The molecule has 0 aliphatic carbocycles. The predicted molar refractivity (Wildman–Crippen MR) is 80.6 cm³/mol. The molecule has 108 valence electrons. The lowest BCUT2D eigenvalue weighted by Gasteiger charge is -2.18. The molecule has 1 atom stereocenters. The molecule has 1 unspecified atom stereocenters. The molecule has 1 aromatic carbocycles. The van der Waals surface area contributed by atoms with Gasteiger partial charge in [-0.15, -0.1) is 0 Å². The van der Waals surface area contributed by atoms with E-state index in [0.717, 1.165) is 22.8 Å². The van der Waals surface area contributed by atoms with E-state index in [1.807, 2.05) is 37.3 Å². The van der Waals surface area contributed by atoms with Crippen LogP contribution in [0.2, 0.25) is 0 Å². The van der Waals surface area contributed by atoms with Crippen molar-refractivity contribution in [2.24, 2.45) is 0 Å². The monoisotopic (exact) mass is 283 g/mol. The van der Waals surface area contributed by atoms with E-state index < -0.39 is 0 Å².